The van der Waals surface area contributed by atoms with Crippen molar-refractivity contribution in [3.63, 3.8) is 0 Å². The van der Waals surface area contributed by atoms with Gasteiger partial charge in [0, 0.05) is 138 Å². The number of fused-ring (bicyclic) bond motifs is 1. The summed E-state index contributed by atoms with van der Waals surface area (Å²) in [5.74, 6) is 2.25. The van der Waals surface area contributed by atoms with Gasteiger partial charge in [0.25, 0.3) is 17.1 Å². The molecule has 2 aromatic rings. The van der Waals surface area contributed by atoms with E-state index in [1.807, 2.05) is 81.0 Å². The Morgan fingerprint density at radius 1 is 0.649 bits per heavy atom. The summed E-state index contributed by atoms with van der Waals surface area (Å²) in [6, 6.07) is 5.13. The van der Waals surface area contributed by atoms with Crippen molar-refractivity contribution in [2.75, 3.05) is 117 Å². The monoisotopic (exact) mass is 1630 g/mol. The van der Waals surface area contributed by atoms with E-state index in [9.17, 15) is 28.5 Å². The lowest BCUT2D eigenvalue weighted by Crippen LogP contribution is -2.36. The largest absolute Gasteiger partial charge is 0.382 e. The summed E-state index contributed by atoms with van der Waals surface area (Å²) in [5.41, 5.74) is 0.597. The lowest BCUT2D eigenvalue weighted by molar-refractivity contribution is -0.121. The molecule has 4 amide bonds. The Morgan fingerprint density at radius 3 is 1.54 bits per heavy atom. The van der Waals surface area contributed by atoms with Gasteiger partial charge in [-0.3, -0.25) is 18.7 Å². The maximum absolute atomic E-state index is 13.4. The minimum Gasteiger partial charge on any atom is -0.382 e. The van der Waals surface area contributed by atoms with Gasteiger partial charge in [0.1, 0.15) is 43.0 Å². The molecular formula is C77H137FN16O14P2S. The zero-order valence-corrected chi connectivity index (χ0v) is 70.7. The molecule has 4 aliphatic rings. The van der Waals surface area contributed by atoms with Crippen LogP contribution in [-0.4, -0.2) is 223 Å². The molecule has 13 atom stereocenters. The molecule has 0 aliphatic carbocycles. The average Bonchev–Trinajstić information content (AvgIpc) is 1.68. The zero-order chi connectivity index (χ0) is 84.0. The number of nitrogens with zero attached hydrogens (tertiary/aromatic N) is 9. The summed E-state index contributed by atoms with van der Waals surface area (Å²) in [6.07, 6.45) is 20.2. The maximum atomic E-state index is 13.4. The summed E-state index contributed by atoms with van der Waals surface area (Å²) < 4.78 is 104. The van der Waals surface area contributed by atoms with Crippen LogP contribution in [0.1, 0.15) is 245 Å². The van der Waals surface area contributed by atoms with E-state index in [0.29, 0.717) is 92.5 Å². The van der Waals surface area contributed by atoms with Gasteiger partial charge in [-0.2, -0.15) is 32.3 Å². The fourth-order valence-corrected chi connectivity index (χ4v) is 18.9. The Hall–Kier alpha value is -4.83. The van der Waals surface area contributed by atoms with Crippen LogP contribution in [0.15, 0.2) is 22.0 Å². The van der Waals surface area contributed by atoms with Gasteiger partial charge in [0.15, 0.2) is 0 Å². The topological polar surface area (TPSA) is 346 Å². The number of hydrogen-bond acceptors (Lipinski definition) is 25. The molecule has 0 spiro atoms. The molecule has 4 saturated heterocycles. The molecule has 0 aromatic carbocycles. The van der Waals surface area contributed by atoms with Crippen molar-refractivity contribution in [1.82, 2.24) is 60.1 Å². The minimum atomic E-state index is -1.60. The number of halogens is 1. The normalized spacial score (nSPS) is 21.8. The first-order valence-electron chi connectivity index (χ1n) is 42.8. The standard InChI is InChI=1S/C49H87N10O8PS.C28H50FN6O6P/c1-36(2)59(37(3)4)68(65-31-21-25-50)67-40-32-45(66-41(40)34-64-6)58-33-38(5)47(57-49(58)63)54-30-19-10-7-9-17-28-52-43(60)23-13-8-11-18-29-53-44(61)24-14-12-16-26-51-27-20-15-22-42-46-39(35-69-42)55-48(62)56-46;1-21(2)35(22(3)4)42(39-16-12-13-30)41-24-17-26(40-25(24)19-37-6)34-18-23(5)27(32-28(34)36)31-14-10-8-9-11-15-33(29)20-38-7/h33,36-37,39-42,45-46,51H,7-24,26-32,34-35H2,1-6H3,(H,52,60)(H,53,61)(H,54,57,63)(H2,55,56,62);18,21-22,24-26H,8-12,14-17,19-20H2,1-7H3,(H,31,32,36)/i2*6TD. The van der Waals surface area contributed by atoms with Gasteiger partial charge >= 0.3 is 17.4 Å². The summed E-state index contributed by atoms with van der Waals surface area (Å²) in [4.78, 5) is 71.2. The molecule has 7 N–H and O–H groups in total. The zero-order valence-electron chi connectivity index (χ0n) is 72.1. The lowest BCUT2D eigenvalue weighted by Gasteiger charge is -2.37. The molecule has 6 heterocycles. The number of ether oxygens (including phenoxy) is 5. The van der Waals surface area contributed by atoms with Gasteiger partial charge < -0.3 is 79.0 Å². The maximum Gasteiger partial charge on any atom is 0.351 e. The SMILES string of the molecule is [2H]C([3H])OCC1OC(n2cc(C)c(NCCCCCCCNC(=O)CCCCCCNC(=O)CCCCCNCCCCC3SCC4NC(=O)NC43)nc2=O)CC1OP(OCCC#N)N(C(C)C)C(C)C.[2H]C([3H])OCC1OC(n2cc(C)c(NCCCCCCN(F)COC)nc2=O)CC1OP(OCCC#N)N(C(C)C)C(C)C. The van der Waals surface area contributed by atoms with E-state index in [4.69, 9.17) is 57.8 Å². The first kappa shape index (κ1) is 90.1. The first-order chi connectivity index (χ1) is 55.2. The van der Waals surface area contributed by atoms with Crippen LogP contribution in [0.25, 0.3) is 0 Å². The van der Waals surface area contributed by atoms with Gasteiger partial charge in [-0.25, -0.2) is 23.7 Å². The number of hydrogen-bond donors (Lipinski definition) is 7. The van der Waals surface area contributed by atoms with Gasteiger partial charge in [-0.1, -0.05) is 57.8 Å². The summed E-state index contributed by atoms with van der Waals surface area (Å²) in [7, 11) is -4.74. The molecule has 4 fully saturated rings. The third-order valence-corrected chi connectivity index (χ3v) is 25.2. The van der Waals surface area contributed by atoms with E-state index in [1.165, 1.54) is 22.7 Å². The minimum absolute atomic E-state index is 0.0186. The molecule has 0 saturated carbocycles. The average molecular weight is 1630 g/mol. The van der Waals surface area contributed by atoms with Crippen LogP contribution in [0.5, 0.6) is 0 Å². The predicted molar refractivity (Wildman–Crippen MR) is 435 cm³/mol. The van der Waals surface area contributed by atoms with Crippen molar-refractivity contribution in [2.24, 2.45) is 0 Å². The molecular weight excluding hydrogens is 1490 g/mol. The number of aryl methyl sites for hydroxylation is 2. The van der Waals surface area contributed by atoms with Crippen LogP contribution in [0, 0.1) is 36.5 Å². The highest BCUT2D eigenvalue weighted by atomic mass is 32.2. The number of methoxy groups -OCH3 is 3. The molecule has 0 radical (unpaired) electrons. The number of rotatable bonds is 59. The Bertz CT molecular complexity index is 3280. The number of unbranched alkanes of at least 4 members (excludes halogenated alkanes) is 13. The highest BCUT2D eigenvalue weighted by Crippen LogP contribution is 2.51. The Labute approximate surface area is 673 Å². The molecule has 632 valence electrons. The number of nitrogens with one attached hydrogen (secondary N) is 7. The summed E-state index contributed by atoms with van der Waals surface area (Å²) >= 11 is 1.97. The fraction of sp³-hybridized carbons (Fsp3) is 0.831. The van der Waals surface area contributed by atoms with E-state index in [1.54, 1.807) is 12.4 Å². The molecule has 2 aromatic heterocycles. The van der Waals surface area contributed by atoms with Gasteiger partial charge in [0.2, 0.25) is 11.8 Å². The first-order valence-corrected chi connectivity index (χ1v) is 43.8. The summed E-state index contributed by atoms with van der Waals surface area (Å²) in [6.45, 7) is 25.3. The predicted octanol–water partition coefficient (Wildman–Crippen LogP) is 12.1. The van der Waals surface area contributed by atoms with Crippen LogP contribution in [0.4, 0.5) is 20.9 Å². The van der Waals surface area contributed by atoms with E-state index < -0.39 is 79.4 Å². The number of aromatic nitrogens is 4. The Balaban J connectivity index is 0.000000459. The number of nitriles is 2. The third kappa shape index (κ3) is 36.1. The van der Waals surface area contributed by atoms with Gasteiger partial charge in [-0.15, -0.1) is 9.60 Å². The van der Waals surface area contributed by atoms with E-state index in [0.717, 1.165) is 146 Å². The number of carbonyl (C=O) groups excluding carboxylic acids is 3. The van der Waals surface area contributed by atoms with Gasteiger partial charge in [-0.05, 0) is 147 Å². The molecule has 6 rings (SSSR count). The fourth-order valence-electron chi connectivity index (χ4n) is 13.8. The molecule has 30 nitrogen and oxygen atoms in total. The Kier molecular flexibility index (Phi) is 45.2. The number of amides is 4. The van der Waals surface area contributed by atoms with E-state index >= 15 is 0 Å². The van der Waals surface area contributed by atoms with Crippen molar-refractivity contribution < 1.29 is 66.1 Å². The van der Waals surface area contributed by atoms with Crippen molar-refractivity contribution >= 4 is 58.3 Å². The van der Waals surface area contributed by atoms with E-state index in [2.05, 4.69) is 68.7 Å². The Morgan fingerprint density at radius 2 is 1.08 bits per heavy atom. The van der Waals surface area contributed by atoms with Crippen molar-refractivity contribution in [3.8, 4) is 12.1 Å². The van der Waals surface area contributed by atoms with Gasteiger partial charge in [0.05, 0.1) is 81.2 Å². The van der Waals surface area contributed by atoms with Crippen molar-refractivity contribution in [1.29, 1.82) is 10.5 Å². The molecule has 34 heteroatoms. The summed E-state index contributed by atoms with van der Waals surface area (Å²) in [5, 5.41) is 41.5. The van der Waals surface area contributed by atoms with Crippen LogP contribution >= 0.6 is 28.8 Å². The molecule has 4 aliphatic heterocycles. The van der Waals surface area contributed by atoms with Crippen LogP contribution in [0.2, 0.25) is 0 Å². The number of carbonyl (C=O) groups is 3. The van der Waals surface area contributed by atoms with Crippen LogP contribution < -0.4 is 48.6 Å². The number of thioether (sulfide) groups is 1. The number of urea groups is 1. The smallest absolute Gasteiger partial charge is 0.351 e. The molecule has 111 heavy (non-hydrogen) atoms. The third-order valence-electron chi connectivity index (χ3n) is 19.3. The second-order valence-corrected chi connectivity index (χ2v) is 34.0. The second kappa shape index (κ2) is 55.7. The van der Waals surface area contributed by atoms with E-state index in [-0.39, 0.29) is 88.0 Å². The highest BCUT2D eigenvalue weighted by Gasteiger charge is 2.45. The van der Waals surface area contributed by atoms with Crippen LogP contribution in [0.3, 0.4) is 0 Å². The van der Waals surface area contributed by atoms with Crippen molar-refractivity contribution in [2.45, 2.75) is 308 Å². The van der Waals surface area contributed by atoms with Crippen molar-refractivity contribution in [3.05, 3.63) is 44.5 Å². The quantitative estimate of drug-likeness (QED) is 0.0106. The lowest BCUT2D eigenvalue weighted by atomic mass is 10.0. The second-order valence-electron chi connectivity index (χ2n) is 29.9. The molecule has 13 unspecified atom stereocenters. The molecule has 0 bridgehead atoms. The number of anilines is 2. The van der Waals surface area contributed by atoms with Crippen LogP contribution in [-0.2, 0) is 51.4 Å². The highest BCUT2D eigenvalue weighted by molar-refractivity contribution is 8.00.